The Labute approximate surface area is 160 Å². The molecule has 0 bridgehead atoms. The van der Waals surface area contributed by atoms with E-state index in [1.54, 1.807) is 34.2 Å². The standard InChI is InChI=1S/C19H19FN6O2/c20-15-3-1-14(2-4-15)17-16(13-5-7-22-8-6-13)18-24(23-17)9-10-26(19(21)28)25(18)11-12-27/h1-8,27H,9-12H2,(H2,21,28). The quantitative estimate of drug-likeness (QED) is 0.717. The van der Waals surface area contributed by atoms with Gasteiger partial charge < -0.3 is 10.8 Å². The van der Waals surface area contributed by atoms with E-state index in [-0.39, 0.29) is 19.0 Å². The van der Waals surface area contributed by atoms with Crippen LogP contribution in [0.1, 0.15) is 0 Å². The molecular formula is C19H19FN6O2. The maximum atomic E-state index is 13.4. The molecule has 144 valence electrons. The maximum Gasteiger partial charge on any atom is 0.333 e. The SMILES string of the molecule is NC(=O)N1CCn2nc(-c3ccc(F)cc3)c(-c3ccncc3)c2N1CCO. The number of nitrogens with zero attached hydrogens (tertiary/aromatic N) is 5. The minimum atomic E-state index is -0.607. The minimum absolute atomic E-state index is 0.170. The first kappa shape index (κ1) is 17.9. The van der Waals surface area contributed by atoms with Gasteiger partial charge in [0.15, 0.2) is 5.82 Å². The smallest absolute Gasteiger partial charge is 0.333 e. The van der Waals surface area contributed by atoms with Crippen LogP contribution in [-0.2, 0) is 6.54 Å². The van der Waals surface area contributed by atoms with E-state index in [4.69, 9.17) is 10.8 Å². The molecule has 0 saturated heterocycles. The molecule has 9 heteroatoms. The molecule has 28 heavy (non-hydrogen) atoms. The number of fused-ring (bicyclic) bond motifs is 1. The van der Waals surface area contributed by atoms with Crippen LogP contribution in [0.2, 0.25) is 0 Å². The van der Waals surface area contributed by atoms with Crippen LogP contribution in [0.3, 0.4) is 0 Å². The lowest BCUT2D eigenvalue weighted by Gasteiger charge is -2.39. The highest BCUT2D eigenvalue weighted by atomic mass is 19.1. The molecule has 0 saturated carbocycles. The fourth-order valence-electron chi connectivity index (χ4n) is 3.44. The van der Waals surface area contributed by atoms with Gasteiger partial charge in [0.25, 0.3) is 0 Å². The summed E-state index contributed by atoms with van der Waals surface area (Å²) in [5.74, 6) is 0.310. The van der Waals surface area contributed by atoms with Gasteiger partial charge in [-0.2, -0.15) is 5.10 Å². The van der Waals surface area contributed by atoms with E-state index in [0.717, 1.165) is 16.7 Å². The second kappa shape index (κ2) is 7.28. The van der Waals surface area contributed by atoms with E-state index in [1.807, 2.05) is 12.1 Å². The Balaban J connectivity index is 1.96. The van der Waals surface area contributed by atoms with Crippen molar-refractivity contribution in [2.45, 2.75) is 6.54 Å². The Morgan fingerprint density at radius 1 is 1.11 bits per heavy atom. The summed E-state index contributed by atoms with van der Waals surface area (Å²) in [6.07, 6.45) is 3.33. The van der Waals surface area contributed by atoms with Crippen LogP contribution in [0.5, 0.6) is 0 Å². The maximum absolute atomic E-state index is 13.4. The molecule has 4 rings (SSSR count). The topological polar surface area (TPSA) is 101 Å². The summed E-state index contributed by atoms with van der Waals surface area (Å²) in [7, 11) is 0. The summed E-state index contributed by atoms with van der Waals surface area (Å²) in [5.41, 5.74) is 8.54. The number of rotatable bonds is 4. The van der Waals surface area contributed by atoms with Gasteiger partial charge in [-0.3, -0.25) is 9.99 Å². The molecule has 0 atom stereocenters. The average molecular weight is 382 g/mol. The molecule has 2 aromatic heterocycles. The fourth-order valence-corrected chi connectivity index (χ4v) is 3.44. The number of hydrazine groups is 1. The van der Waals surface area contributed by atoms with Crippen molar-refractivity contribution < 1.29 is 14.3 Å². The van der Waals surface area contributed by atoms with Crippen LogP contribution in [-0.4, -0.2) is 50.6 Å². The molecule has 3 heterocycles. The summed E-state index contributed by atoms with van der Waals surface area (Å²) in [6, 6.07) is 9.16. The number of hydrogen-bond donors (Lipinski definition) is 2. The van der Waals surface area contributed by atoms with Crippen molar-refractivity contribution in [2.75, 3.05) is 24.7 Å². The van der Waals surface area contributed by atoms with Crippen LogP contribution in [0.15, 0.2) is 48.8 Å². The lowest BCUT2D eigenvalue weighted by Crippen LogP contribution is -2.55. The summed E-state index contributed by atoms with van der Waals surface area (Å²) in [6.45, 7) is 0.786. The zero-order chi connectivity index (χ0) is 19.7. The van der Waals surface area contributed by atoms with E-state index >= 15 is 0 Å². The average Bonchev–Trinajstić information content (AvgIpc) is 3.09. The van der Waals surface area contributed by atoms with Gasteiger partial charge in [0.1, 0.15) is 11.5 Å². The van der Waals surface area contributed by atoms with E-state index in [9.17, 15) is 14.3 Å². The summed E-state index contributed by atoms with van der Waals surface area (Å²) in [4.78, 5) is 16.0. The number of carbonyl (C=O) groups excluding carboxylic acids is 1. The van der Waals surface area contributed by atoms with Gasteiger partial charge in [-0.15, -0.1) is 0 Å². The molecular weight excluding hydrogens is 363 g/mol. The van der Waals surface area contributed by atoms with Crippen molar-refractivity contribution in [3.63, 3.8) is 0 Å². The fraction of sp³-hybridized carbons (Fsp3) is 0.211. The number of β-amino-alcohol motifs (C(OH)–C–C–N with tert-alkyl or cyclic N) is 1. The Hall–Kier alpha value is -3.46. The van der Waals surface area contributed by atoms with E-state index in [2.05, 4.69) is 4.98 Å². The van der Waals surface area contributed by atoms with Crippen LogP contribution in [0, 0.1) is 5.82 Å². The highest BCUT2D eigenvalue weighted by Crippen LogP contribution is 2.41. The normalized spacial score (nSPS) is 13.5. The van der Waals surface area contributed by atoms with Crippen molar-refractivity contribution in [3.05, 3.63) is 54.6 Å². The van der Waals surface area contributed by atoms with Gasteiger partial charge in [-0.1, -0.05) is 0 Å². The lowest BCUT2D eigenvalue weighted by molar-refractivity contribution is 0.180. The Bertz CT molecular complexity index is 990. The number of halogens is 1. The third-order valence-electron chi connectivity index (χ3n) is 4.64. The molecule has 1 aliphatic heterocycles. The predicted molar refractivity (Wildman–Crippen MR) is 102 cm³/mol. The number of hydrogen-bond acceptors (Lipinski definition) is 5. The molecule has 0 fully saturated rings. The lowest BCUT2D eigenvalue weighted by atomic mass is 10.0. The Morgan fingerprint density at radius 2 is 1.82 bits per heavy atom. The number of aliphatic hydroxyl groups is 1. The number of aromatic nitrogens is 3. The molecule has 0 aliphatic carbocycles. The first-order valence-corrected chi connectivity index (χ1v) is 8.82. The second-order valence-corrected chi connectivity index (χ2v) is 6.32. The number of amides is 2. The molecule has 0 spiro atoms. The van der Waals surface area contributed by atoms with E-state index < -0.39 is 6.03 Å². The number of nitrogens with two attached hydrogens (primary N) is 1. The summed E-state index contributed by atoms with van der Waals surface area (Å²) in [5, 5.41) is 17.3. The van der Waals surface area contributed by atoms with E-state index in [1.165, 1.54) is 17.1 Å². The van der Waals surface area contributed by atoms with Crippen LogP contribution < -0.4 is 10.7 Å². The van der Waals surface area contributed by atoms with Crippen LogP contribution in [0.25, 0.3) is 22.4 Å². The Morgan fingerprint density at radius 3 is 2.46 bits per heavy atom. The van der Waals surface area contributed by atoms with Crippen LogP contribution in [0.4, 0.5) is 15.0 Å². The number of urea groups is 1. The molecule has 8 nitrogen and oxygen atoms in total. The predicted octanol–water partition coefficient (Wildman–Crippen LogP) is 1.86. The molecule has 3 aromatic rings. The third-order valence-corrected chi connectivity index (χ3v) is 4.64. The molecule has 0 unspecified atom stereocenters. The van der Waals surface area contributed by atoms with Gasteiger partial charge >= 0.3 is 6.03 Å². The van der Waals surface area contributed by atoms with Crippen molar-refractivity contribution in [2.24, 2.45) is 5.73 Å². The zero-order valence-electron chi connectivity index (χ0n) is 15.0. The number of benzene rings is 1. The summed E-state index contributed by atoms with van der Waals surface area (Å²) < 4.78 is 15.2. The molecule has 3 N–H and O–H groups in total. The largest absolute Gasteiger partial charge is 0.394 e. The third kappa shape index (κ3) is 3.05. The van der Waals surface area contributed by atoms with Gasteiger partial charge in [0.05, 0.1) is 31.8 Å². The first-order chi connectivity index (χ1) is 13.6. The highest BCUT2D eigenvalue weighted by molar-refractivity contribution is 5.90. The second-order valence-electron chi connectivity index (χ2n) is 6.32. The molecule has 1 aliphatic rings. The zero-order valence-corrected chi connectivity index (χ0v) is 15.0. The van der Waals surface area contributed by atoms with Crippen molar-refractivity contribution in [1.29, 1.82) is 0 Å². The summed E-state index contributed by atoms with van der Waals surface area (Å²) >= 11 is 0. The van der Waals surface area contributed by atoms with Crippen molar-refractivity contribution >= 4 is 11.8 Å². The number of aliphatic hydroxyl groups excluding tert-OH is 1. The van der Waals surface area contributed by atoms with Gasteiger partial charge in [-0.05, 0) is 42.0 Å². The van der Waals surface area contributed by atoms with Crippen molar-refractivity contribution in [3.8, 4) is 22.4 Å². The Kier molecular flexibility index (Phi) is 4.66. The van der Waals surface area contributed by atoms with Gasteiger partial charge in [0.2, 0.25) is 0 Å². The number of pyridine rings is 1. The monoisotopic (exact) mass is 382 g/mol. The number of carbonyl (C=O) groups is 1. The highest BCUT2D eigenvalue weighted by Gasteiger charge is 2.33. The van der Waals surface area contributed by atoms with E-state index in [0.29, 0.717) is 24.6 Å². The minimum Gasteiger partial charge on any atom is -0.394 e. The number of primary amides is 1. The van der Waals surface area contributed by atoms with Crippen LogP contribution >= 0.6 is 0 Å². The first-order valence-electron chi connectivity index (χ1n) is 8.82. The van der Waals surface area contributed by atoms with Crippen molar-refractivity contribution in [1.82, 2.24) is 19.8 Å². The van der Waals surface area contributed by atoms with Gasteiger partial charge in [0, 0.05) is 18.0 Å². The molecule has 2 amide bonds. The molecule has 1 aromatic carbocycles. The number of anilines is 1. The molecule has 0 radical (unpaired) electrons. The van der Waals surface area contributed by atoms with Gasteiger partial charge in [-0.25, -0.2) is 18.9 Å².